The van der Waals surface area contributed by atoms with E-state index in [-0.39, 0.29) is 0 Å². The van der Waals surface area contributed by atoms with Crippen molar-refractivity contribution in [1.29, 1.82) is 0 Å². The van der Waals surface area contributed by atoms with Crippen LogP contribution in [0.4, 0.5) is 5.69 Å². The van der Waals surface area contributed by atoms with Crippen LogP contribution >= 0.6 is 15.9 Å². The van der Waals surface area contributed by atoms with Gasteiger partial charge in [0.05, 0.1) is 0 Å². The van der Waals surface area contributed by atoms with Crippen molar-refractivity contribution in [1.82, 2.24) is 5.32 Å². The quantitative estimate of drug-likeness (QED) is 0.913. The Bertz CT molecular complexity index is 409. The Morgan fingerprint density at radius 2 is 1.89 bits per heavy atom. The maximum atomic E-state index is 3.58. The highest BCUT2D eigenvalue weighted by atomic mass is 79.9. The monoisotopic (exact) mass is 310 g/mol. The standard InChI is InChI=1S/C15H23BrN2/c1-10-8-18(9-11(10)2)15-6-5-13(16)7-14(15)12(3)17-4/h5-7,10-12,17H,8-9H2,1-4H3. The van der Waals surface area contributed by atoms with Crippen molar-refractivity contribution in [2.24, 2.45) is 11.8 Å². The number of hydrogen-bond donors (Lipinski definition) is 1. The van der Waals surface area contributed by atoms with E-state index in [1.807, 2.05) is 7.05 Å². The number of rotatable bonds is 3. The van der Waals surface area contributed by atoms with Gasteiger partial charge >= 0.3 is 0 Å². The molecule has 1 heterocycles. The zero-order chi connectivity index (χ0) is 13.3. The molecule has 2 rings (SSSR count). The Balaban J connectivity index is 2.32. The third kappa shape index (κ3) is 2.72. The lowest BCUT2D eigenvalue weighted by molar-refractivity contribution is 0.494. The number of hydrogen-bond acceptors (Lipinski definition) is 2. The summed E-state index contributed by atoms with van der Waals surface area (Å²) in [6.07, 6.45) is 0. The molecule has 0 bridgehead atoms. The van der Waals surface area contributed by atoms with E-state index >= 15 is 0 Å². The first-order chi connectivity index (χ1) is 8.52. The van der Waals surface area contributed by atoms with Crippen LogP contribution in [0, 0.1) is 11.8 Å². The fraction of sp³-hybridized carbons (Fsp3) is 0.600. The largest absolute Gasteiger partial charge is 0.371 e. The number of benzene rings is 1. The van der Waals surface area contributed by atoms with Crippen molar-refractivity contribution in [3.63, 3.8) is 0 Å². The third-order valence-electron chi connectivity index (χ3n) is 4.22. The summed E-state index contributed by atoms with van der Waals surface area (Å²) in [7, 11) is 2.02. The van der Waals surface area contributed by atoms with Crippen molar-refractivity contribution in [2.45, 2.75) is 26.8 Å². The molecule has 0 spiro atoms. The fourth-order valence-corrected chi connectivity index (χ4v) is 3.02. The molecule has 0 radical (unpaired) electrons. The summed E-state index contributed by atoms with van der Waals surface area (Å²) >= 11 is 3.58. The molecule has 0 saturated carbocycles. The Morgan fingerprint density at radius 3 is 2.44 bits per heavy atom. The number of nitrogens with one attached hydrogen (secondary N) is 1. The summed E-state index contributed by atoms with van der Waals surface area (Å²) in [5.74, 6) is 1.57. The molecule has 100 valence electrons. The normalized spacial score (nSPS) is 25.5. The van der Waals surface area contributed by atoms with Gasteiger partial charge in [-0.1, -0.05) is 29.8 Å². The molecule has 3 unspecified atom stereocenters. The minimum absolute atomic E-state index is 0.378. The first-order valence-corrected chi connectivity index (χ1v) is 7.54. The predicted molar refractivity (Wildman–Crippen MR) is 82.2 cm³/mol. The van der Waals surface area contributed by atoms with Crippen LogP contribution in [0.3, 0.4) is 0 Å². The molecule has 1 aromatic rings. The van der Waals surface area contributed by atoms with Gasteiger partial charge in [0.1, 0.15) is 0 Å². The highest BCUT2D eigenvalue weighted by molar-refractivity contribution is 9.10. The van der Waals surface area contributed by atoms with Crippen LogP contribution in [0.15, 0.2) is 22.7 Å². The number of nitrogens with zero attached hydrogens (tertiary/aromatic N) is 1. The summed E-state index contributed by atoms with van der Waals surface area (Å²) < 4.78 is 1.16. The molecule has 0 aliphatic carbocycles. The minimum atomic E-state index is 0.378. The molecule has 3 heteroatoms. The van der Waals surface area contributed by atoms with Gasteiger partial charge in [0.15, 0.2) is 0 Å². The van der Waals surface area contributed by atoms with Crippen molar-refractivity contribution >= 4 is 21.6 Å². The maximum absolute atomic E-state index is 3.58. The van der Waals surface area contributed by atoms with E-state index in [1.165, 1.54) is 24.3 Å². The van der Waals surface area contributed by atoms with Gasteiger partial charge in [-0.2, -0.15) is 0 Å². The Labute approximate surface area is 119 Å². The molecule has 0 amide bonds. The molecule has 1 fully saturated rings. The zero-order valence-corrected chi connectivity index (χ0v) is 13.3. The first kappa shape index (κ1) is 13.9. The van der Waals surface area contributed by atoms with Crippen LogP contribution in [0.2, 0.25) is 0 Å². The van der Waals surface area contributed by atoms with Gasteiger partial charge in [-0.25, -0.2) is 0 Å². The van der Waals surface area contributed by atoms with Crippen molar-refractivity contribution in [3.05, 3.63) is 28.2 Å². The summed E-state index contributed by atoms with van der Waals surface area (Å²) in [5, 5.41) is 3.35. The second-order valence-electron chi connectivity index (χ2n) is 5.57. The van der Waals surface area contributed by atoms with E-state index in [2.05, 4.69) is 65.1 Å². The highest BCUT2D eigenvalue weighted by Gasteiger charge is 2.28. The average Bonchev–Trinajstić information content (AvgIpc) is 2.68. The molecule has 0 aromatic heterocycles. The van der Waals surface area contributed by atoms with Crippen LogP contribution in [0.1, 0.15) is 32.4 Å². The third-order valence-corrected chi connectivity index (χ3v) is 4.71. The fourth-order valence-electron chi connectivity index (χ4n) is 2.64. The average molecular weight is 311 g/mol. The van der Waals surface area contributed by atoms with Crippen molar-refractivity contribution < 1.29 is 0 Å². The van der Waals surface area contributed by atoms with E-state index in [0.717, 1.165) is 16.3 Å². The second-order valence-corrected chi connectivity index (χ2v) is 6.49. The summed E-state index contributed by atoms with van der Waals surface area (Å²) in [4.78, 5) is 2.53. The van der Waals surface area contributed by atoms with E-state index in [4.69, 9.17) is 0 Å². The topological polar surface area (TPSA) is 15.3 Å². The second kappa shape index (κ2) is 5.62. The van der Waals surface area contributed by atoms with Gasteiger partial charge in [0.25, 0.3) is 0 Å². The molecule has 1 aliphatic rings. The molecule has 1 N–H and O–H groups in total. The van der Waals surface area contributed by atoms with E-state index < -0.39 is 0 Å². The predicted octanol–water partition coefficient (Wildman–Crippen LogP) is 3.82. The lowest BCUT2D eigenvalue weighted by atomic mass is 10.0. The minimum Gasteiger partial charge on any atom is -0.371 e. The smallest absolute Gasteiger partial charge is 0.0415 e. The van der Waals surface area contributed by atoms with Gasteiger partial charge in [-0.3, -0.25) is 0 Å². The molecule has 3 atom stereocenters. The van der Waals surface area contributed by atoms with Gasteiger partial charge in [-0.05, 0) is 49.6 Å². The Hall–Kier alpha value is -0.540. The lowest BCUT2D eigenvalue weighted by Gasteiger charge is -2.25. The molecule has 18 heavy (non-hydrogen) atoms. The molecule has 1 aliphatic heterocycles. The Morgan fingerprint density at radius 1 is 1.28 bits per heavy atom. The van der Waals surface area contributed by atoms with Gasteiger partial charge in [0, 0.05) is 29.3 Å². The Kier molecular flexibility index (Phi) is 4.33. The van der Waals surface area contributed by atoms with E-state index in [9.17, 15) is 0 Å². The van der Waals surface area contributed by atoms with Crippen LogP contribution in [0.5, 0.6) is 0 Å². The van der Waals surface area contributed by atoms with Crippen LogP contribution in [-0.4, -0.2) is 20.1 Å². The van der Waals surface area contributed by atoms with Crippen LogP contribution < -0.4 is 10.2 Å². The molecule has 2 nitrogen and oxygen atoms in total. The van der Waals surface area contributed by atoms with E-state index in [1.54, 1.807) is 0 Å². The molecule has 1 saturated heterocycles. The lowest BCUT2D eigenvalue weighted by Crippen LogP contribution is -2.23. The summed E-state index contributed by atoms with van der Waals surface area (Å²) in [6, 6.07) is 7.01. The zero-order valence-electron chi connectivity index (χ0n) is 11.7. The number of anilines is 1. The first-order valence-electron chi connectivity index (χ1n) is 6.74. The molecule has 1 aromatic carbocycles. The van der Waals surface area contributed by atoms with Crippen LogP contribution in [0.25, 0.3) is 0 Å². The van der Waals surface area contributed by atoms with Crippen molar-refractivity contribution in [3.8, 4) is 0 Å². The van der Waals surface area contributed by atoms with Crippen molar-refractivity contribution in [2.75, 3.05) is 25.0 Å². The van der Waals surface area contributed by atoms with Crippen LogP contribution in [-0.2, 0) is 0 Å². The number of halogens is 1. The highest BCUT2D eigenvalue weighted by Crippen LogP contribution is 2.34. The summed E-state index contributed by atoms with van der Waals surface area (Å²) in [5.41, 5.74) is 2.77. The van der Waals surface area contributed by atoms with Gasteiger partial charge in [0.2, 0.25) is 0 Å². The molecular weight excluding hydrogens is 288 g/mol. The van der Waals surface area contributed by atoms with Gasteiger partial charge < -0.3 is 10.2 Å². The maximum Gasteiger partial charge on any atom is 0.0415 e. The summed E-state index contributed by atoms with van der Waals surface area (Å²) in [6.45, 7) is 9.27. The molecular formula is C15H23BrN2. The SMILES string of the molecule is CNC(C)c1cc(Br)ccc1N1CC(C)C(C)C1. The van der Waals surface area contributed by atoms with E-state index in [0.29, 0.717) is 6.04 Å². The van der Waals surface area contributed by atoms with Gasteiger partial charge in [-0.15, -0.1) is 0 Å².